The maximum atomic E-state index is 9.12. The lowest BCUT2D eigenvalue weighted by Gasteiger charge is -2.12. The first-order valence-corrected chi connectivity index (χ1v) is 6.10. The van der Waals surface area contributed by atoms with Gasteiger partial charge >= 0.3 is 0 Å². The van der Waals surface area contributed by atoms with Crippen molar-refractivity contribution >= 4 is 0 Å². The van der Waals surface area contributed by atoms with Gasteiger partial charge < -0.3 is 0 Å². The molecule has 0 atom stereocenters. The summed E-state index contributed by atoms with van der Waals surface area (Å²) in [6, 6.07) is 8.45. The van der Waals surface area contributed by atoms with Crippen molar-refractivity contribution in [2.24, 2.45) is 0 Å². The van der Waals surface area contributed by atoms with Gasteiger partial charge in [0, 0.05) is 0 Å². The minimum absolute atomic E-state index is 0.267. The van der Waals surface area contributed by atoms with E-state index in [0.717, 1.165) is 11.4 Å². The van der Waals surface area contributed by atoms with Gasteiger partial charge in [-0.05, 0) is 43.0 Å². The highest BCUT2D eigenvalue weighted by Crippen LogP contribution is 2.23. The van der Waals surface area contributed by atoms with Gasteiger partial charge in [-0.2, -0.15) is 10.4 Å². The SMILES string of the molecule is Cc1ccc(-n2ncc(C#N)c2C(C)C)cc1C. The number of nitriles is 1. The third kappa shape index (κ3) is 2.02. The van der Waals surface area contributed by atoms with Gasteiger partial charge in [0.15, 0.2) is 0 Å². The standard InChI is InChI=1S/C15H17N3/c1-10(2)15-13(8-16)9-17-18(15)14-6-5-11(3)12(4)7-14/h5-7,9-10H,1-4H3. The summed E-state index contributed by atoms with van der Waals surface area (Å²) in [7, 11) is 0. The van der Waals surface area contributed by atoms with Crippen molar-refractivity contribution in [1.82, 2.24) is 9.78 Å². The van der Waals surface area contributed by atoms with Gasteiger partial charge in [-0.3, -0.25) is 0 Å². The van der Waals surface area contributed by atoms with E-state index in [1.807, 2.05) is 10.7 Å². The Morgan fingerprint density at radius 1 is 1.22 bits per heavy atom. The topological polar surface area (TPSA) is 41.6 Å². The lowest BCUT2D eigenvalue weighted by Crippen LogP contribution is -2.05. The molecule has 2 aromatic rings. The van der Waals surface area contributed by atoms with Crippen LogP contribution in [0.5, 0.6) is 0 Å². The van der Waals surface area contributed by atoms with Crippen molar-refractivity contribution in [1.29, 1.82) is 5.26 Å². The molecule has 0 aliphatic rings. The van der Waals surface area contributed by atoms with Gasteiger partial charge in [0.05, 0.1) is 23.1 Å². The summed E-state index contributed by atoms with van der Waals surface area (Å²) in [4.78, 5) is 0. The van der Waals surface area contributed by atoms with Gasteiger partial charge in [0.25, 0.3) is 0 Å². The number of nitrogens with zero attached hydrogens (tertiary/aromatic N) is 3. The van der Waals surface area contributed by atoms with Gasteiger partial charge in [-0.15, -0.1) is 0 Å². The van der Waals surface area contributed by atoms with Gasteiger partial charge in [-0.1, -0.05) is 19.9 Å². The molecule has 0 saturated heterocycles. The second-order valence-corrected chi connectivity index (χ2v) is 4.89. The van der Waals surface area contributed by atoms with Crippen LogP contribution < -0.4 is 0 Å². The van der Waals surface area contributed by atoms with E-state index in [1.165, 1.54) is 11.1 Å². The predicted molar refractivity (Wildman–Crippen MR) is 71.8 cm³/mol. The molecule has 0 radical (unpaired) electrons. The number of aryl methyl sites for hydroxylation is 2. The maximum Gasteiger partial charge on any atom is 0.103 e. The average molecular weight is 239 g/mol. The van der Waals surface area contributed by atoms with Crippen molar-refractivity contribution in [2.75, 3.05) is 0 Å². The number of hydrogen-bond donors (Lipinski definition) is 0. The quantitative estimate of drug-likeness (QED) is 0.805. The number of aromatic nitrogens is 2. The molecule has 0 aliphatic carbocycles. The molecule has 0 fully saturated rings. The lowest BCUT2D eigenvalue weighted by atomic mass is 10.1. The van der Waals surface area contributed by atoms with E-state index < -0.39 is 0 Å². The number of rotatable bonds is 2. The zero-order chi connectivity index (χ0) is 13.3. The highest BCUT2D eigenvalue weighted by Gasteiger charge is 2.15. The van der Waals surface area contributed by atoms with Crippen LogP contribution in [0.1, 0.15) is 42.1 Å². The van der Waals surface area contributed by atoms with Crippen molar-refractivity contribution < 1.29 is 0 Å². The van der Waals surface area contributed by atoms with Crippen molar-refractivity contribution in [3.8, 4) is 11.8 Å². The summed E-state index contributed by atoms with van der Waals surface area (Å²) in [5, 5.41) is 13.5. The molecular weight excluding hydrogens is 222 g/mol. The molecular formula is C15H17N3. The molecule has 1 heterocycles. The summed E-state index contributed by atoms with van der Waals surface area (Å²) in [5.74, 6) is 0.267. The predicted octanol–water partition coefficient (Wildman–Crippen LogP) is 3.48. The van der Waals surface area contributed by atoms with Crippen LogP contribution in [0.25, 0.3) is 5.69 Å². The molecule has 0 unspecified atom stereocenters. The van der Waals surface area contributed by atoms with Crippen molar-refractivity contribution in [3.05, 3.63) is 46.8 Å². The molecule has 0 spiro atoms. The molecule has 18 heavy (non-hydrogen) atoms. The van der Waals surface area contributed by atoms with E-state index in [0.29, 0.717) is 5.56 Å². The summed E-state index contributed by atoms with van der Waals surface area (Å²) >= 11 is 0. The molecule has 1 aromatic carbocycles. The number of hydrogen-bond acceptors (Lipinski definition) is 2. The molecule has 3 nitrogen and oxygen atoms in total. The van der Waals surface area contributed by atoms with E-state index >= 15 is 0 Å². The first-order chi connectivity index (χ1) is 8.54. The molecule has 1 aromatic heterocycles. The van der Waals surface area contributed by atoms with Crippen LogP contribution >= 0.6 is 0 Å². The van der Waals surface area contributed by atoms with Crippen LogP contribution in [-0.2, 0) is 0 Å². The Hall–Kier alpha value is -2.08. The highest BCUT2D eigenvalue weighted by atomic mass is 15.3. The maximum absolute atomic E-state index is 9.12. The van der Waals surface area contributed by atoms with Crippen molar-refractivity contribution in [2.45, 2.75) is 33.6 Å². The summed E-state index contributed by atoms with van der Waals surface area (Å²) in [6.07, 6.45) is 1.64. The molecule has 0 aliphatic heterocycles. The number of benzene rings is 1. The Kier molecular flexibility index (Phi) is 3.20. The van der Waals surface area contributed by atoms with Crippen LogP contribution in [0.2, 0.25) is 0 Å². The van der Waals surface area contributed by atoms with Gasteiger partial charge in [-0.25, -0.2) is 4.68 Å². The van der Waals surface area contributed by atoms with E-state index in [9.17, 15) is 0 Å². The molecule has 0 saturated carbocycles. The monoisotopic (exact) mass is 239 g/mol. The molecule has 2 rings (SSSR count). The third-order valence-corrected chi connectivity index (χ3v) is 3.21. The van der Waals surface area contributed by atoms with Gasteiger partial charge in [0.2, 0.25) is 0 Å². The van der Waals surface area contributed by atoms with E-state index in [2.05, 4.69) is 51.0 Å². The summed E-state index contributed by atoms with van der Waals surface area (Å²) < 4.78 is 1.87. The fourth-order valence-corrected chi connectivity index (χ4v) is 2.06. The van der Waals surface area contributed by atoms with Crippen LogP contribution in [0, 0.1) is 25.2 Å². The second kappa shape index (κ2) is 4.66. The van der Waals surface area contributed by atoms with Gasteiger partial charge in [0.1, 0.15) is 6.07 Å². The largest absolute Gasteiger partial charge is 0.236 e. The first-order valence-electron chi connectivity index (χ1n) is 6.10. The van der Waals surface area contributed by atoms with Crippen molar-refractivity contribution in [3.63, 3.8) is 0 Å². The average Bonchev–Trinajstić information content (AvgIpc) is 2.76. The zero-order valence-electron chi connectivity index (χ0n) is 11.2. The minimum atomic E-state index is 0.267. The Morgan fingerprint density at radius 3 is 2.50 bits per heavy atom. The molecule has 92 valence electrons. The van der Waals surface area contributed by atoms with E-state index in [1.54, 1.807) is 6.20 Å². The molecule has 3 heteroatoms. The highest BCUT2D eigenvalue weighted by molar-refractivity contribution is 5.44. The van der Waals surface area contributed by atoms with Crippen LogP contribution in [0.3, 0.4) is 0 Å². The zero-order valence-corrected chi connectivity index (χ0v) is 11.2. The van der Waals surface area contributed by atoms with E-state index in [-0.39, 0.29) is 5.92 Å². The Labute approximate surface area is 108 Å². The fraction of sp³-hybridized carbons (Fsp3) is 0.333. The first kappa shape index (κ1) is 12.4. The smallest absolute Gasteiger partial charge is 0.103 e. The van der Waals surface area contributed by atoms with Crippen LogP contribution in [-0.4, -0.2) is 9.78 Å². The normalized spacial score (nSPS) is 10.7. The van der Waals surface area contributed by atoms with Crippen LogP contribution in [0.15, 0.2) is 24.4 Å². The second-order valence-electron chi connectivity index (χ2n) is 4.89. The minimum Gasteiger partial charge on any atom is -0.236 e. The lowest BCUT2D eigenvalue weighted by molar-refractivity contribution is 0.732. The molecule has 0 bridgehead atoms. The summed E-state index contributed by atoms with van der Waals surface area (Å²) in [6.45, 7) is 8.33. The Balaban J connectivity index is 2.61. The Bertz CT molecular complexity index is 615. The van der Waals surface area contributed by atoms with Crippen LogP contribution in [0.4, 0.5) is 0 Å². The Morgan fingerprint density at radius 2 is 1.94 bits per heavy atom. The third-order valence-electron chi connectivity index (χ3n) is 3.21. The van der Waals surface area contributed by atoms with E-state index in [4.69, 9.17) is 5.26 Å². The molecule has 0 amide bonds. The fourth-order valence-electron chi connectivity index (χ4n) is 2.06. The summed E-state index contributed by atoms with van der Waals surface area (Å²) in [5.41, 5.74) is 5.14. The molecule has 0 N–H and O–H groups in total.